The highest BCUT2D eigenvalue weighted by Crippen LogP contribution is 2.18. The summed E-state index contributed by atoms with van der Waals surface area (Å²) in [6, 6.07) is 0.473. The molecule has 0 bridgehead atoms. The van der Waals surface area contributed by atoms with Crippen molar-refractivity contribution in [2.45, 2.75) is 57.4 Å². The average Bonchev–Trinajstić information content (AvgIpc) is 2.59. The van der Waals surface area contributed by atoms with Crippen LogP contribution in [0.2, 0.25) is 0 Å². The van der Waals surface area contributed by atoms with Crippen LogP contribution >= 0.6 is 0 Å². The van der Waals surface area contributed by atoms with Crippen molar-refractivity contribution in [2.75, 3.05) is 13.1 Å². The fraction of sp³-hybridized carbons (Fsp3) is 0.923. The van der Waals surface area contributed by atoms with Gasteiger partial charge in [0.15, 0.2) is 0 Å². The van der Waals surface area contributed by atoms with Crippen LogP contribution in [-0.2, 0) is 4.79 Å². The standard InChI is InChI=1S/C13H24N2O/c16-13(11-7-9-14-10-8-11)15-12-5-3-1-2-4-6-12/h11-12,14H,1-10H2,(H,15,16)/p+1. The third kappa shape index (κ3) is 3.48. The first-order valence-corrected chi connectivity index (χ1v) is 6.98. The predicted molar refractivity (Wildman–Crippen MR) is 64.0 cm³/mol. The van der Waals surface area contributed by atoms with Gasteiger partial charge in [-0.3, -0.25) is 4.79 Å². The van der Waals surface area contributed by atoms with Crippen LogP contribution in [0.25, 0.3) is 0 Å². The second-order valence-corrected chi connectivity index (χ2v) is 5.34. The normalized spacial score (nSPS) is 25.0. The lowest BCUT2D eigenvalue weighted by Crippen LogP contribution is -2.86. The minimum Gasteiger partial charge on any atom is -0.353 e. The van der Waals surface area contributed by atoms with Crippen molar-refractivity contribution in [2.24, 2.45) is 5.92 Å². The molecule has 0 aromatic heterocycles. The molecule has 1 amide bonds. The Hall–Kier alpha value is -0.570. The topological polar surface area (TPSA) is 45.7 Å². The SMILES string of the molecule is O=C(NC1CCCCCC1)C1CC[NH2+]CC1. The molecular formula is C13H25N2O+. The molecule has 3 nitrogen and oxygen atoms in total. The molecule has 1 aliphatic carbocycles. The zero-order chi connectivity index (χ0) is 11.2. The van der Waals surface area contributed by atoms with E-state index >= 15 is 0 Å². The van der Waals surface area contributed by atoms with Gasteiger partial charge in [-0.15, -0.1) is 0 Å². The van der Waals surface area contributed by atoms with Gasteiger partial charge in [0.2, 0.25) is 5.91 Å². The Balaban J connectivity index is 1.76. The van der Waals surface area contributed by atoms with Gasteiger partial charge < -0.3 is 10.6 Å². The number of amides is 1. The molecule has 1 aliphatic heterocycles. The first kappa shape index (κ1) is 11.9. The van der Waals surface area contributed by atoms with E-state index in [0.717, 1.165) is 25.9 Å². The lowest BCUT2D eigenvalue weighted by Gasteiger charge is -2.23. The highest BCUT2D eigenvalue weighted by Gasteiger charge is 2.24. The molecule has 1 heterocycles. The lowest BCUT2D eigenvalue weighted by atomic mass is 9.96. The molecule has 3 heteroatoms. The molecule has 92 valence electrons. The van der Waals surface area contributed by atoms with Gasteiger partial charge >= 0.3 is 0 Å². The van der Waals surface area contributed by atoms with Crippen LogP contribution in [0.1, 0.15) is 51.4 Å². The summed E-state index contributed by atoms with van der Waals surface area (Å²) in [6.07, 6.45) is 9.83. The van der Waals surface area contributed by atoms with Crippen molar-refractivity contribution in [3.63, 3.8) is 0 Å². The number of rotatable bonds is 2. The van der Waals surface area contributed by atoms with E-state index in [1.807, 2.05) is 0 Å². The van der Waals surface area contributed by atoms with Crippen LogP contribution < -0.4 is 10.6 Å². The van der Waals surface area contributed by atoms with Crippen molar-refractivity contribution >= 4 is 5.91 Å². The molecule has 0 atom stereocenters. The maximum absolute atomic E-state index is 12.1. The van der Waals surface area contributed by atoms with Gasteiger partial charge in [0.25, 0.3) is 0 Å². The number of nitrogens with one attached hydrogen (secondary N) is 1. The Morgan fingerprint density at radius 1 is 0.938 bits per heavy atom. The van der Waals surface area contributed by atoms with Crippen molar-refractivity contribution in [1.29, 1.82) is 0 Å². The first-order valence-electron chi connectivity index (χ1n) is 6.98. The largest absolute Gasteiger partial charge is 0.353 e. The molecule has 16 heavy (non-hydrogen) atoms. The molecule has 2 fully saturated rings. The number of hydrogen-bond acceptors (Lipinski definition) is 1. The Morgan fingerprint density at radius 2 is 1.56 bits per heavy atom. The fourth-order valence-corrected chi connectivity index (χ4v) is 2.93. The summed E-state index contributed by atoms with van der Waals surface area (Å²) in [5.41, 5.74) is 0. The van der Waals surface area contributed by atoms with Crippen molar-refractivity contribution in [3.8, 4) is 0 Å². The minimum atomic E-state index is 0.299. The number of carbonyl (C=O) groups excluding carboxylic acids is 1. The van der Waals surface area contributed by atoms with Crippen LogP contribution in [0.5, 0.6) is 0 Å². The Morgan fingerprint density at radius 3 is 2.19 bits per heavy atom. The van der Waals surface area contributed by atoms with E-state index in [0.29, 0.717) is 17.9 Å². The molecule has 0 unspecified atom stereocenters. The number of carbonyl (C=O) groups is 1. The number of nitrogens with two attached hydrogens (primary N) is 1. The minimum absolute atomic E-state index is 0.299. The molecule has 0 radical (unpaired) electrons. The van der Waals surface area contributed by atoms with E-state index in [2.05, 4.69) is 10.6 Å². The Bertz CT molecular complexity index is 216. The van der Waals surface area contributed by atoms with Crippen LogP contribution in [0, 0.1) is 5.92 Å². The third-order valence-electron chi connectivity index (χ3n) is 4.01. The smallest absolute Gasteiger partial charge is 0.223 e. The van der Waals surface area contributed by atoms with E-state index in [1.165, 1.54) is 38.5 Å². The second kappa shape index (κ2) is 6.24. The van der Waals surface area contributed by atoms with Crippen LogP contribution in [0.15, 0.2) is 0 Å². The Labute approximate surface area is 98.4 Å². The van der Waals surface area contributed by atoms with E-state index in [1.54, 1.807) is 0 Å². The fourth-order valence-electron chi connectivity index (χ4n) is 2.93. The zero-order valence-corrected chi connectivity index (χ0v) is 10.2. The molecule has 1 saturated heterocycles. The van der Waals surface area contributed by atoms with Crippen LogP contribution in [0.3, 0.4) is 0 Å². The highest BCUT2D eigenvalue weighted by molar-refractivity contribution is 5.78. The maximum atomic E-state index is 12.1. The van der Waals surface area contributed by atoms with Crippen LogP contribution in [-0.4, -0.2) is 25.0 Å². The van der Waals surface area contributed by atoms with Gasteiger partial charge in [0.1, 0.15) is 0 Å². The second-order valence-electron chi connectivity index (χ2n) is 5.34. The van der Waals surface area contributed by atoms with E-state index in [-0.39, 0.29) is 0 Å². The molecule has 0 aromatic rings. The predicted octanol–water partition coefficient (Wildman–Crippen LogP) is 0.799. The summed E-state index contributed by atoms with van der Waals surface area (Å²) in [6.45, 7) is 2.26. The maximum Gasteiger partial charge on any atom is 0.223 e. The molecule has 3 N–H and O–H groups in total. The molecule has 0 aromatic carbocycles. The van der Waals surface area contributed by atoms with Crippen LogP contribution in [0.4, 0.5) is 0 Å². The van der Waals surface area contributed by atoms with Crippen molar-refractivity contribution in [1.82, 2.24) is 5.32 Å². The van der Waals surface area contributed by atoms with Crippen molar-refractivity contribution in [3.05, 3.63) is 0 Å². The third-order valence-corrected chi connectivity index (χ3v) is 4.01. The summed E-state index contributed by atoms with van der Waals surface area (Å²) in [4.78, 5) is 12.1. The van der Waals surface area contributed by atoms with Gasteiger partial charge in [-0.1, -0.05) is 25.7 Å². The molecule has 1 saturated carbocycles. The quantitative estimate of drug-likeness (QED) is 0.671. The summed E-state index contributed by atoms with van der Waals surface area (Å²) in [5, 5.41) is 5.59. The van der Waals surface area contributed by atoms with E-state index in [4.69, 9.17) is 0 Å². The molecule has 0 spiro atoms. The van der Waals surface area contributed by atoms with Gasteiger partial charge in [0, 0.05) is 24.8 Å². The van der Waals surface area contributed by atoms with E-state index in [9.17, 15) is 4.79 Å². The molecule has 2 aliphatic rings. The lowest BCUT2D eigenvalue weighted by molar-refractivity contribution is -0.664. The summed E-state index contributed by atoms with van der Waals surface area (Å²) < 4.78 is 0. The van der Waals surface area contributed by atoms with Gasteiger partial charge in [0.05, 0.1) is 13.1 Å². The Kier molecular flexibility index (Phi) is 4.64. The first-order chi connectivity index (χ1) is 7.86. The zero-order valence-electron chi connectivity index (χ0n) is 10.2. The van der Waals surface area contributed by atoms with Gasteiger partial charge in [-0.2, -0.15) is 0 Å². The number of piperidine rings is 1. The summed E-state index contributed by atoms with van der Waals surface area (Å²) in [7, 11) is 0. The summed E-state index contributed by atoms with van der Waals surface area (Å²) >= 11 is 0. The van der Waals surface area contributed by atoms with Gasteiger partial charge in [-0.05, 0) is 12.8 Å². The molecular weight excluding hydrogens is 200 g/mol. The monoisotopic (exact) mass is 225 g/mol. The number of quaternary nitrogens is 1. The average molecular weight is 225 g/mol. The summed E-state index contributed by atoms with van der Waals surface area (Å²) in [5.74, 6) is 0.633. The molecule has 2 rings (SSSR count). The number of hydrogen-bond donors (Lipinski definition) is 2. The highest BCUT2D eigenvalue weighted by atomic mass is 16.1. The van der Waals surface area contributed by atoms with Crippen molar-refractivity contribution < 1.29 is 10.1 Å². The van der Waals surface area contributed by atoms with E-state index < -0.39 is 0 Å². The van der Waals surface area contributed by atoms with Gasteiger partial charge in [-0.25, -0.2) is 0 Å².